The van der Waals surface area contributed by atoms with Crippen molar-refractivity contribution in [3.8, 4) is 10.6 Å². The Morgan fingerprint density at radius 1 is 1.48 bits per heavy atom. The monoisotopic (exact) mass is 302 g/mol. The maximum Gasteiger partial charge on any atom is 0.253 e. The molecule has 1 N–H and O–H groups in total. The molecule has 0 aromatic carbocycles. The van der Waals surface area contributed by atoms with E-state index >= 15 is 0 Å². The van der Waals surface area contributed by atoms with Gasteiger partial charge in [-0.05, 0) is 43.3 Å². The van der Waals surface area contributed by atoms with E-state index in [2.05, 4.69) is 10.3 Å². The third-order valence-electron chi connectivity index (χ3n) is 3.62. The zero-order valence-corrected chi connectivity index (χ0v) is 12.8. The van der Waals surface area contributed by atoms with Crippen molar-refractivity contribution in [2.45, 2.75) is 25.9 Å². The first-order valence-electron chi connectivity index (χ1n) is 7.15. The SMILES string of the molecule is Cc1nc(-c2cccs2)ccc1C(=O)NCC1CCCO1. The molecule has 2 aromatic rings. The zero-order valence-electron chi connectivity index (χ0n) is 12.0. The number of amides is 1. The third-order valence-corrected chi connectivity index (χ3v) is 4.51. The molecule has 0 spiro atoms. The Balaban J connectivity index is 1.68. The molecule has 21 heavy (non-hydrogen) atoms. The number of ether oxygens (including phenoxy) is 1. The summed E-state index contributed by atoms with van der Waals surface area (Å²) in [4.78, 5) is 17.9. The minimum atomic E-state index is -0.0757. The summed E-state index contributed by atoms with van der Waals surface area (Å²) in [6.07, 6.45) is 2.26. The van der Waals surface area contributed by atoms with E-state index in [0.29, 0.717) is 12.1 Å². The summed E-state index contributed by atoms with van der Waals surface area (Å²) in [7, 11) is 0. The van der Waals surface area contributed by atoms with Crippen LogP contribution in [-0.2, 0) is 4.74 Å². The fourth-order valence-electron chi connectivity index (χ4n) is 2.47. The molecule has 1 fully saturated rings. The van der Waals surface area contributed by atoms with E-state index in [1.54, 1.807) is 11.3 Å². The van der Waals surface area contributed by atoms with E-state index in [4.69, 9.17) is 4.74 Å². The van der Waals surface area contributed by atoms with E-state index in [1.165, 1.54) is 0 Å². The molecule has 3 rings (SSSR count). The molecule has 2 aromatic heterocycles. The van der Waals surface area contributed by atoms with Gasteiger partial charge in [0.25, 0.3) is 5.91 Å². The molecule has 1 amide bonds. The third kappa shape index (κ3) is 3.31. The van der Waals surface area contributed by atoms with Crippen molar-refractivity contribution in [2.75, 3.05) is 13.2 Å². The summed E-state index contributed by atoms with van der Waals surface area (Å²) in [5.41, 5.74) is 2.30. The maximum atomic E-state index is 12.2. The van der Waals surface area contributed by atoms with Crippen LogP contribution in [0.25, 0.3) is 10.6 Å². The van der Waals surface area contributed by atoms with Crippen LogP contribution in [0, 0.1) is 6.92 Å². The van der Waals surface area contributed by atoms with Crippen molar-refractivity contribution >= 4 is 17.2 Å². The number of aromatic nitrogens is 1. The first-order valence-corrected chi connectivity index (χ1v) is 8.03. The first kappa shape index (κ1) is 14.2. The Morgan fingerprint density at radius 2 is 2.38 bits per heavy atom. The smallest absolute Gasteiger partial charge is 0.253 e. The second kappa shape index (κ2) is 6.37. The van der Waals surface area contributed by atoms with E-state index in [-0.39, 0.29) is 12.0 Å². The Morgan fingerprint density at radius 3 is 3.05 bits per heavy atom. The van der Waals surface area contributed by atoms with E-state index < -0.39 is 0 Å². The number of carbonyl (C=O) groups excluding carboxylic acids is 1. The van der Waals surface area contributed by atoms with E-state index in [1.807, 2.05) is 36.6 Å². The average Bonchev–Trinajstić information content (AvgIpc) is 3.18. The van der Waals surface area contributed by atoms with Crippen molar-refractivity contribution in [1.29, 1.82) is 0 Å². The van der Waals surface area contributed by atoms with Crippen molar-refractivity contribution < 1.29 is 9.53 Å². The van der Waals surface area contributed by atoms with Gasteiger partial charge in [0.1, 0.15) is 0 Å². The summed E-state index contributed by atoms with van der Waals surface area (Å²) in [5, 5.41) is 4.96. The summed E-state index contributed by atoms with van der Waals surface area (Å²) < 4.78 is 5.51. The number of rotatable bonds is 4. The van der Waals surface area contributed by atoms with Crippen LogP contribution in [0.4, 0.5) is 0 Å². The van der Waals surface area contributed by atoms with Gasteiger partial charge in [-0.2, -0.15) is 0 Å². The number of hydrogen-bond acceptors (Lipinski definition) is 4. The second-order valence-electron chi connectivity index (χ2n) is 5.15. The predicted octanol–water partition coefficient (Wildman–Crippen LogP) is 3.03. The van der Waals surface area contributed by atoms with Crippen LogP contribution in [0.1, 0.15) is 28.9 Å². The van der Waals surface area contributed by atoms with Gasteiger partial charge < -0.3 is 10.1 Å². The maximum absolute atomic E-state index is 12.2. The van der Waals surface area contributed by atoms with Crippen LogP contribution in [0.5, 0.6) is 0 Å². The molecule has 5 heteroatoms. The van der Waals surface area contributed by atoms with E-state index in [9.17, 15) is 4.79 Å². The largest absolute Gasteiger partial charge is 0.376 e. The highest BCUT2D eigenvalue weighted by Crippen LogP contribution is 2.23. The van der Waals surface area contributed by atoms with Gasteiger partial charge in [-0.15, -0.1) is 11.3 Å². The molecule has 3 heterocycles. The van der Waals surface area contributed by atoms with E-state index in [0.717, 1.165) is 35.7 Å². The summed E-state index contributed by atoms with van der Waals surface area (Å²) in [6, 6.07) is 7.78. The number of thiophene rings is 1. The van der Waals surface area contributed by atoms with Gasteiger partial charge in [0.2, 0.25) is 0 Å². The van der Waals surface area contributed by atoms with Crippen molar-refractivity contribution in [1.82, 2.24) is 10.3 Å². The highest BCUT2D eigenvalue weighted by Gasteiger charge is 2.18. The molecule has 0 saturated carbocycles. The minimum absolute atomic E-state index is 0.0757. The molecule has 1 saturated heterocycles. The van der Waals surface area contributed by atoms with Crippen molar-refractivity contribution in [3.63, 3.8) is 0 Å². The summed E-state index contributed by atoms with van der Waals surface area (Å²) in [5.74, 6) is -0.0757. The molecule has 0 radical (unpaired) electrons. The molecule has 1 aliphatic heterocycles. The van der Waals surface area contributed by atoms with Gasteiger partial charge in [-0.25, -0.2) is 0 Å². The van der Waals surface area contributed by atoms with Gasteiger partial charge >= 0.3 is 0 Å². The van der Waals surface area contributed by atoms with Gasteiger partial charge in [0, 0.05) is 13.2 Å². The van der Waals surface area contributed by atoms with Crippen LogP contribution in [0.3, 0.4) is 0 Å². The number of nitrogens with zero attached hydrogens (tertiary/aromatic N) is 1. The Labute approximate surface area is 128 Å². The Kier molecular flexibility index (Phi) is 4.31. The lowest BCUT2D eigenvalue weighted by atomic mass is 10.1. The van der Waals surface area contributed by atoms with Gasteiger partial charge in [-0.3, -0.25) is 9.78 Å². The fraction of sp³-hybridized carbons (Fsp3) is 0.375. The van der Waals surface area contributed by atoms with Gasteiger partial charge in [0.15, 0.2) is 0 Å². The minimum Gasteiger partial charge on any atom is -0.376 e. The fourth-order valence-corrected chi connectivity index (χ4v) is 3.16. The molecule has 0 aliphatic carbocycles. The molecule has 1 atom stereocenters. The van der Waals surface area contributed by atoms with Gasteiger partial charge in [0.05, 0.1) is 27.9 Å². The lowest BCUT2D eigenvalue weighted by Gasteiger charge is -2.12. The molecular weight excluding hydrogens is 284 g/mol. The number of hydrogen-bond donors (Lipinski definition) is 1. The van der Waals surface area contributed by atoms with Crippen LogP contribution >= 0.6 is 11.3 Å². The van der Waals surface area contributed by atoms with Crippen LogP contribution in [0.2, 0.25) is 0 Å². The van der Waals surface area contributed by atoms with Crippen LogP contribution < -0.4 is 5.32 Å². The van der Waals surface area contributed by atoms with Crippen molar-refractivity contribution in [3.05, 3.63) is 40.9 Å². The van der Waals surface area contributed by atoms with Crippen LogP contribution in [-0.4, -0.2) is 30.1 Å². The highest BCUT2D eigenvalue weighted by atomic mass is 32.1. The average molecular weight is 302 g/mol. The zero-order chi connectivity index (χ0) is 14.7. The molecule has 1 unspecified atom stereocenters. The quantitative estimate of drug-likeness (QED) is 0.944. The van der Waals surface area contributed by atoms with Crippen molar-refractivity contribution in [2.24, 2.45) is 0 Å². The number of pyridine rings is 1. The number of carbonyl (C=O) groups is 1. The molecule has 0 bridgehead atoms. The highest BCUT2D eigenvalue weighted by molar-refractivity contribution is 7.13. The first-order chi connectivity index (χ1) is 10.2. The topological polar surface area (TPSA) is 51.2 Å². The summed E-state index contributed by atoms with van der Waals surface area (Å²) >= 11 is 1.65. The Bertz CT molecular complexity index is 619. The Hall–Kier alpha value is -1.72. The molecule has 4 nitrogen and oxygen atoms in total. The number of nitrogens with one attached hydrogen (secondary N) is 1. The predicted molar refractivity (Wildman–Crippen MR) is 83.6 cm³/mol. The molecule has 110 valence electrons. The normalized spacial score (nSPS) is 17.9. The summed E-state index contributed by atoms with van der Waals surface area (Å²) in [6.45, 7) is 3.25. The number of aryl methyl sites for hydroxylation is 1. The standard InChI is InChI=1S/C16H18N2O2S/c1-11-13(16(19)17-10-12-4-2-8-20-12)6-7-14(18-11)15-5-3-9-21-15/h3,5-7,9,12H,2,4,8,10H2,1H3,(H,17,19). The van der Waals surface area contributed by atoms with Gasteiger partial charge in [-0.1, -0.05) is 6.07 Å². The molecular formula is C16H18N2O2S. The molecule has 1 aliphatic rings. The lowest BCUT2D eigenvalue weighted by molar-refractivity contribution is 0.0857. The second-order valence-corrected chi connectivity index (χ2v) is 6.10. The van der Waals surface area contributed by atoms with Crippen LogP contribution in [0.15, 0.2) is 29.6 Å². The lowest BCUT2D eigenvalue weighted by Crippen LogP contribution is -2.32.